The first kappa shape index (κ1) is 21.9. The first-order valence-corrected chi connectivity index (χ1v) is 7.47. The van der Waals surface area contributed by atoms with E-state index >= 15 is 0 Å². The van der Waals surface area contributed by atoms with Crippen LogP contribution in [-0.4, -0.2) is 54.3 Å². The monoisotopic (exact) mass is 361 g/mol. The van der Waals surface area contributed by atoms with Gasteiger partial charge in [-0.2, -0.15) is 12.6 Å². The minimum Gasteiger partial charge on any atom is -0.459 e. The Balaban J connectivity index is 5.44. The summed E-state index contributed by atoms with van der Waals surface area (Å²) >= 11 is 3.89. The zero-order valence-corrected chi connectivity index (χ0v) is 14.7. The summed E-state index contributed by atoms with van der Waals surface area (Å²) in [5, 5.41) is 4.68. The molecule has 0 aliphatic carbocycles. The molecule has 0 saturated carbocycles. The number of rotatable bonds is 9. The van der Waals surface area contributed by atoms with Gasteiger partial charge in [-0.15, -0.1) is 0 Å². The number of carbonyl (C=O) groups is 5. The van der Waals surface area contributed by atoms with Gasteiger partial charge in [-0.25, -0.2) is 0 Å². The molecule has 2 amide bonds. The SMILES string of the molecule is CC(=O)NCC(OC(C)=O)C(=O)C(NC(C)=O)C([CH]S)OC(C)=O. The highest BCUT2D eigenvalue weighted by Crippen LogP contribution is 2.12. The molecule has 0 aromatic carbocycles. The Labute approximate surface area is 145 Å². The number of ketones is 1. The zero-order chi connectivity index (χ0) is 18.9. The second-order valence-corrected chi connectivity index (χ2v) is 5.14. The Hall–Kier alpha value is -2.10. The molecule has 10 heteroatoms. The van der Waals surface area contributed by atoms with Crippen LogP contribution < -0.4 is 10.6 Å². The van der Waals surface area contributed by atoms with Gasteiger partial charge in [0.15, 0.2) is 6.10 Å². The summed E-state index contributed by atoms with van der Waals surface area (Å²) in [4.78, 5) is 57.3. The maximum Gasteiger partial charge on any atom is 0.303 e. The van der Waals surface area contributed by atoms with Crippen LogP contribution >= 0.6 is 12.6 Å². The number of hydrogen-bond donors (Lipinski definition) is 3. The number of thiol groups is 1. The standard InChI is InChI=1S/C14H21N2O7S/c1-7(17)15-5-11(22-9(3)19)14(21)13(16-8(2)18)12(6-24)23-10(4)20/h6,11-13,24H,5H2,1-4H3,(H,15,17)(H,16,18). The van der Waals surface area contributed by atoms with E-state index in [1.165, 1.54) is 6.92 Å². The van der Waals surface area contributed by atoms with E-state index in [9.17, 15) is 24.0 Å². The fraction of sp³-hybridized carbons (Fsp3) is 0.571. The molecule has 135 valence electrons. The number of Topliss-reactive ketones (excluding diaryl/α,β-unsaturated/α-hetero) is 1. The van der Waals surface area contributed by atoms with Crippen molar-refractivity contribution in [2.24, 2.45) is 0 Å². The van der Waals surface area contributed by atoms with Crippen molar-refractivity contribution >= 4 is 42.2 Å². The van der Waals surface area contributed by atoms with E-state index in [1.54, 1.807) is 0 Å². The Morgan fingerprint density at radius 1 is 0.958 bits per heavy atom. The van der Waals surface area contributed by atoms with E-state index in [1.807, 2.05) is 0 Å². The summed E-state index contributed by atoms with van der Waals surface area (Å²) < 4.78 is 9.82. The fourth-order valence-corrected chi connectivity index (χ4v) is 1.98. The van der Waals surface area contributed by atoms with Gasteiger partial charge in [0.1, 0.15) is 12.1 Å². The molecular weight excluding hydrogens is 340 g/mol. The lowest BCUT2D eigenvalue weighted by Crippen LogP contribution is -2.55. The van der Waals surface area contributed by atoms with Crippen molar-refractivity contribution in [1.29, 1.82) is 0 Å². The van der Waals surface area contributed by atoms with Crippen LogP contribution in [0.3, 0.4) is 0 Å². The highest BCUT2D eigenvalue weighted by Gasteiger charge is 2.37. The molecular formula is C14H21N2O7S. The molecule has 0 aliphatic rings. The smallest absolute Gasteiger partial charge is 0.303 e. The molecule has 0 fully saturated rings. The summed E-state index contributed by atoms with van der Waals surface area (Å²) in [6.07, 6.45) is -2.55. The molecule has 24 heavy (non-hydrogen) atoms. The Kier molecular flexibility index (Phi) is 9.70. The van der Waals surface area contributed by atoms with Crippen molar-refractivity contribution in [1.82, 2.24) is 10.6 Å². The van der Waals surface area contributed by atoms with Crippen molar-refractivity contribution < 1.29 is 33.4 Å². The molecule has 3 unspecified atom stereocenters. The first-order valence-electron chi connectivity index (χ1n) is 6.95. The third-order valence-corrected chi connectivity index (χ3v) is 2.90. The molecule has 0 spiro atoms. The second kappa shape index (κ2) is 10.6. The highest BCUT2D eigenvalue weighted by molar-refractivity contribution is 7.82. The predicted octanol–water partition coefficient (Wildman–Crippen LogP) is -0.849. The largest absolute Gasteiger partial charge is 0.459 e. The molecule has 0 saturated heterocycles. The molecule has 0 aromatic heterocycles. The summed E-state index contributed by atoms with van der Waals surface area (Å²) in [7, 11) is 0. The van der Waals surface area contributed by atoms with Gasteiger partial charge in [0, 0.05) is 27.7 Å². The minimum atomic E-state index is -1.37. The zero-order valence-electron chi connectivity index (χ0n) is 13.8. The third-order valence-electron chi connectivity index (χ3n) is 2.60. The van der Waals surface area contributed by atoms with Crippen LogP contribution in [0.5, 0.6) is 0 Å². The van der Waals surface area contributed by atoms with Gasteiger partial charge in [-0.3, -0.25) is 24.0 Å². The van der Waals surface area contributed by atoms with E-state index in [2.05, 4.69) is 23.3 Å². The lowest BCUT2D eigenvalue weighted by Gasteiger charge is -2.28. The Morgan fingerprint density at radius 2 is 1.50 bits per heavy atom. The van der Waals surface area contributed by atoms with Crippen LogP contribution in [0.15, 0.2) is 0 Å². The Morgan fingerprint density at radius 3 is 1.88 bits per heavy atom. The molecule has 2 N–H and O–H groups in total. The van der Waals surface area contributed by atoms with Crippen molar-refractivity contribution in [2.75, 3.05) is 6.54 Å². The van der Waals surface area contributed by atoms with E-state index in [-0.39, 0.29) is 6.54 Å². The summed E-state index contributed by atoms with van der Waals surface area (Å²) in [5.41, 5.74) is 0. The van der Waals surface area contributed by atoms with Crippen LogP contribution in [0, 0.1) is 5.75 Å². The number of amides is 2. The summed E-state index contributed by atoms with van der Waals surface area (Å²) in [6, 6.07) is -1.33. The lowest BCUT2D eigenvalue weighted by molar-refractivity contribution is -0.157. The molecule has 0 heterocycles. The van der Waals surface area contributed by atoms with Gasteiger partial charge in [0.25, 0.3) is 0 Å². The maximum absolute atomic E-state index is 12.6. The van der Waals surface area contributed by atoms with Crippen LogP contribution in [-0.2, 0) is 33.4 Å². The summed E-state index contributed by atoms with van der Waals surface area (Å²) in [5.74, 6) is -2.09. The van der Waals surface area contributed by atoms with Gasteiger partial charge >= 0.3 is 11.9 Å². The quantitative estimate of drug-likeness (QED) is 0.360. The topological polar surface area (TPSA) is 128 Å². The average molecular weight is 361 g/mol. The fourth-order valence-electron chi connectivity index (χ4n) is 1.75. The number of nitrogens with one attached hydrogen (secondary N) is 2. The van der Waals surface area contributed by atoms with Crippen LogP contribution in [0.1, 0.15) is 27.7 Å². The van der Waals surface area contributed by atoms with E-state index in [0.717, 1.165) is 26.5 Å². The maximum atomic E-state index is 12.6. The molecule has 0 aromatic rings. The van der Waals surface area contributed by atoms with Crippen molar-refractivity contribution in [2.45, 2.75) is 45.9 Å². The second-order valence-electron chi connectivity index (χ2n) is 4.84. The van der Waals surface area contributed by atoms with Gasteiger partial charge < -0.3 is 20.1 Å². The van der Waals surface area contributed by atoms with Crippen molar-refractivity contribution in [3.05, 3.63) is 5.75 Å². The Bertz CT molecular complexity index is 509. The van der Waals surface area contributed by atoms with Gasteiger partial charge in [0.2, 0.25) is 17.6 Å². The van der Waals surface area contributed by atoms with Gasteiger partial charge in [-0.1, -0.05) is 0 Å². The first-order chi connectivity index (χ1) is 11.1. The lowest BCUT2D eigenvalue weighted by atomic mass is 10.0. The van der Waals surface area contributed by atoms with Crippen LogP contribution in [0.4, 0.5) is 0 Å². The van der Waals surface area contributed by atoms with Crippen LogP contribution in [0.2, 0.25) is 0 Å². The van der Waals surface area contributed by atoms with Crippen molar-refractivity contribution in [3.63, 3.8) is 0 Å². The van der Waals surface area contributed by atoms with Crippen molar-refractivity contribution in [3.8, 4) is 0 Å². The van der Waals surface area contributed by atoms with E-state index in [0.29, 0.717) is 0 Å². The summed E-state index contributed by atoms with van der Waals surface area (Å²) in [6.45, 7) is 4.32. The predicted molar refractivity (Wildman–Crippen MR) is 85.7 cm³/mol. The number of hydrogen-bond acceptors (Lipinski definition) is 8. The minimum absolute atomic E-state index is 0.288. The molecule has 1 radical (unpaired) electrons. The molecule has 0 aliphatic heterocycles. The third kappa shape index (κ3) is 8.51. The van der Waals surface area contributed by atoms with E-state index < -0.39 is 47.8 Å². The highest BCUT2D eigenvalue weighted by atomic mass is 32.1. The van der Waals surface area contributed by atoms with Gasteiger partial charge in [0.05, 0.1) is 12.3 Å². The molecule has 0 bridgehead atoms. The van der Waals surface area contributed by atoms with Crippen LogP contribution in [0.25, 0.3) is 0 Å². The number of ether oxygens (including phenoxy) is 2. The van der Waals surface area contributed by atoms with E-state index in [4.69, 9.17) is 9.47 Å². The molecule has 3 atom stereocenters. The molecule has 9 nitrogen and oxygen atoms in total. The number of carbonyl (C=O) groups excluding carboxylic acids is 5. The number of esters is 2. The molecule has 0 rings (SSSR count). The van der Waals surface area contributed by atoms with Gasteiger partial charge in [-0.05, 0) is 0 Å². The normalized spacial score (nSPS) is 13.9. The average Bonchev–Trinajstić information content (AvgIpc) is 2.45.